The minimum absolute atomic E-state index is 0.359. The van der Waals surface area contributed by atoms with Gasteiger partial charge in [-0.1, -0.05) is 18.2 Å². The van der Waals surface area contributed by atoms with Crippen LogP contribution in [0.4, 0.5) is 0 Å². The SMILES string of the molecule is Cc1ccccc1Oc1ccc(CCl)nn1. The second-order valence-corrected chi connectivity index (χ2v) is 3.63. The van der Waals surface area contributed by atoms with Crippen LogP contribution in [0, 0.1) is 6.92 Å². The van der Waals surface area contributed by atoms with Crippen molar-refractivity contribution in [2.75, 3.05) is 0 Å². The van der Waals surface area contributed by atoms with Crippen LogP contribution >= 0.6 is 11.6 Å². The molecule has 4 heteroatoms. The van der Waals surface area contributed by atoms with E-state index < -0.39 is 0 Å². The quantitative estimate of drug-likeness (QED) is 0.765. The number of benzene rings is 1. The van der Waals surface area contributed by atoms with Crippen LogP contribution in [0.15, 0.2) is 36.4 Å². The number of aromatic nitrogens is 2. The zero-order chi connectivity index (χ0) is 11.4. The molecule has 82 valence electrons. The molecule has 0 aliphatic rings. The van der Waals surface area contributed by atoms with Crippen molar-refractivity contribution < 1.29 is 4.74 Å². The monoisotopic (exact) mass is 234 g/mol. The van der Waals surface area contributed by atoms with Gasteiger partial charge in [-0.25, -0.2) is 0 Å². The summed E-state index contributed by atoms with van der Waals surface area (Å²) in [6, 6.07) is 11.3. The molecule has 0 radical (unpaired) electrons. The van der Waals surface area contributed by atoms with E-state index in [4.69, 9.17) is 16.3 Å². The summed E-state index contributed by atoms with van der Waals surface area (Å²) >= 11 is 5.62. The van der Waals surface area contributed by atoms with Crippen molar-refractivity contribution in [2.45, 2.75) is 12.8 Å². The number of alkyl halides is 1. The molecule has 0 N–H and O–H groups in total. The molecule has 1 aromatic heterocycles. The van der Waals surface area contributed by atoms with Crippen LogP contribution in [0.3, 0.4) is 0 Å². The average molecular weight is 235 g/mol. The predicted octanol–water partition coefficient (Wildman–Crippen LogP) is 3.32. The van der Waals surface area contributed by atoms with Crippen molar-refractivity contribution in [2.24, 2.45) is 0 Å². The Hall–Kier alpha value is -1.61. The maximum absolute atomic E-state index is 5.62. The smallest absolute Gasteiger partial charge is 0.238 e. The molecule has 0 saturated heterocycles. The van der Waals surface area contributed by atoms with Gasteiger partial charge >= 0.3 is 0 Å². The fourth-order valence-electron chi connectivity index (χ4n) is 1.26. The fraction of sp³-hybridized carbons (Fsp3) is 0.167. The van der Waals surface area contributed by atoms with Crippen LogP contribution in [-0.2, 0) is 5.88 Å². The van der Waals surface area contributed by atoms with E-state index in [1.165, 1.54) is 0 Å². The second kappa shape index (κ2) is 4.94. The Labute approximate surface area is 99.0 Å². The molecule has 0 aliphatic heterocycles. The third-order valence-corrected chi connectivity index (χ3v) is 2.41. The fourth-order valence-corrected chi connectivity index (χ4v) is 1.40. The average Bonchev–Trinajstić information content (AvgIpc) is 2.33. The zero-order valence-corrected chi connectivity index (χ0v) is 9.61. The van der Waals surface area contributed by atoms with Gasteiger partial charge in [0, 0.05) is 6.07 Å². The van der Waals surface area contributed by atoms with Gasteiger partial charge in [-0.2, -0.15) is 5.10 Å². The van der Waals surface area contributed by atoms with Crippen molar-refractivity contribution in [3.05, 3.63) is 47.7 Å². The van der Waals surface area contributed by atoms with E-state index in [1.807, 2.05) is 31.2 Å². The molecule has 0 spiro atoms. The van der Waals surface area contributed by atoms with Gasteiger partial charge in [0.1, 0.15) is 5.75 Å². The van der Waals surface area contributed by atoms with Crippen LogP contribution < -0.4 is 4.74 Å². The van der Waals surface area contributed by atoms with Gasteiger partial charge in [0.05, 0.1) is 11.6 Å². The van der Waals surface area contributed by atoms with E-state index in [0.29, 0.717) is 11.8 Å². The molecular weight excluding hydrogens is 224 g/mol. The molecule has 2 aromatic rings. The lowest BCUT2D eigenvalue weighted by atomic mass is 10.2. The Morgan fingerprint density at radius 2 is 1.94 bits per heavy atom. The first-order valence-electron chi connectivity index (χ1n) is 4.91. The van der Waals surface area contributed by atoms with Crippen molar-refractivity contribution >= 4 is 11.6 Å². The van der Waals surface area contributed by atoms with Crippen LogP contribution in [0.2, 0.25) is 0 Å². The minimum atomic E-state index is 0.359. The Bertz CT molecular complexity index is 471. The number of hydrogen-bond donors (Lipinski definition) is 0. The summed E-state index contributed by atoms with van der Waals surface area (Å²) in [7, 11) is 0. The molecule has 0 amide bonds. The van der Waals surface area contributed by atoms with Crippen LogP contribution in [-0.4, -0.2) is 10.2 Å². The maximum atomic E-state index is 5.62. The van der Waals surface area contributed by atoms with E-state index in [2.05, 4.69) is 10.2 Å². The lowest BCUT2D eigenvalue weighted by Crippen LogP contribution is -1.94. The highest BCUT2D eigenvalue weighted by molar-refractivity contribution is 6.16. The summed E-state index contributed by atoms with van der Waals surface area (Å²) in [5.41, 5.74) is 1.80. The normalized spacial score (nSPS) is 10.1. The molecule has 1 heterocycles. The third kappa shape index (κ3) is 2.49. The third-order valence-electron chi connectivity index (χ3n) is 2.14. The van der Waals surface area contributed by atoms with Crippen molar-refractivity contribution in [1.82, 2.24) is 10.2 Å². The number of hydrogen-bond acceptors (Lipinski definition) is 3. The largest absolute Gasteiger partial charge is 0.437 e. The first kappa shape index (κ1) is 10.9. The van der Waals surface area contributed by atoms with E-state index in [0.717, 1.165) is 17.0 Å². The zero-order valence-electron chi connectivity index (χ0n) is 8.85. The summed E-state index contributed by atoms with van der Waals surface area (Å²) in [5, 5.41) is 7.85. The standard InChI is InChI=1S/C12H11ClN2O/c1-9-4-2-3-5-11(9)16-12-7-6-10(8-13)14-15-12/h2-7H,8H2,1H3. The lowest BCUT2D eigenvalue weighted by molar-refractivity contribution is 0.451. The number of ether oxygens (including phenoxy) is 1. The second-order valence-electron chi connectivity index (χ2n) is 3.36. The molecule has 3 nitrogen and oxygen atoms in total. The van der Waals surface area contributed by atoms with Gasteiger partial charge in [-0.3, -0.25) is 0 Å². The number of halogens is 1. The summed E-state index contributed by atoms with van der Waals surface area (Å²) in [6.07, 6.45) is 0. The van der Waals surface area contributed by atoms with Crippen LogP contribution in [0.5, 0.6) is 11.6 Å². The summed E-state index contributed by atoms with van der Waals surface area (Å²) < 4.78 is 5.59. The molecule has 2 rings (SSSR count). The van der Waals surface area contributed by atoms with Crippen molar-refractivity contribution in [3.8, 4) is 11.6 Å². The van der Waals surface area contributed by atoms with Gasteiger partial charge in [0.2, 0.25) is 5.88 Å². The molecule has 0 unspecified atom stereocenters. The Morgan fingerprint density at radius 3 is 2.56 bits per heavy atom. The maximum Gasteiger partial charge on any atom is 0.238 e. The summed E-state index contributed by atoms with van der Waals surface area (Å²) in [6.45, 7) is 1.98. The summed E-state index contributed by atoms with van der Waals surface area (Å²) in [5.74, 6) is 1.62. The Morgan fingerprint density at radius 1 is 1.12 bits per heavy atom. The molecular formula is C12H11ClN2O. The van der Waals surface area contributed by atoms with Crippen LogP contribution in [0.25, 0.3) is 0 Å². The number of para-hydroxylation sites is 1. The van der Waals surface area contributed by atoms with E-state index >= 15 is 0 Å². The summed E-state index contributed by atoms with van der Waals surface area (Å²) in [4.78, 5) is 0. The van der Waals surface area contributed by atoms with Gasteiger partial charge in [0.15, 0.2) is 0 Å². The van der Waals surface area contributed by atoms with Gasteiger partial charge in [-0.05, 0) is 24.6 Å². The predicted molar refractivity (Wildman–Crippen MR) is 62.8 cm³/mol. The highest BCUT2D eigenvalue weighted by Crippen LogP contribution is 2.22. The molecule has 0 fully saturated rings. The first-order valence-corrected chi connectivity index (χ1v) is 5.45. The lowest BCUT2D eigenvalue weighted by Gasteiger charge is -2.06. The molecule has 16 heavy (non-hydrogen) atoms. The highest BCUT2D eigenvalue weighted by Gasteiger charge is 2.02. The van der Waals surface area contributed by atoms with Crippen molar-refractivity contribution in [1.29, 1.82) is 0 Å². The topological polar surface area (TPSA) is 35.0 Å². The highest BCUT2D eigenvalue weighted by atomic mass is 35.5. The molecule has 1 aromatic carbocycles. The number of nitrogens with zero attached hydrogens (tertiary/aromatic N) is 2. The van der Waals surface area contributed by atoms with Crippen LogP contribution in [0.1, 0.15) is 11.3 Å². The molecule has 0 bridgehead atoms. The van der Waals surface area contributed by atoms with Crippen molar-refractivity contribution in [3.63, 3.8) is 0 Å². The van der Waals surface area contributed by atoms with Gasteiger partial charge in [0.25, 0.3) is 0 Å². The Kier molecular flexibility index (Phi) is 3.37. The molecule has 0 aliphatic carbocycles. The minimum Gasteiger partial charge on any atom is -0.437 e. The van der Waals surface area contributed by atoms with E-state index in [1.54, 1.807) is 12.1 Å². The number of aryl methyl sites for hydroxylation is 1. The molecule has 0 saturated carbocycles. The first-order chi connectivity index (χ1) is 7.79. The number of rotatable bonds is 3. The van der Waals surface area contributed by atoms with E-state index in [-0.39, 0.29) is 0 Å². The van der Waals surface area contributed by atoms with Gasteiger partial charge in [-0.15, -0.1) is 16.7 Å². The molecule has 0 atom stereocenters. The van der Waals surface area contributed by atoms with Gasteiger partial charge < -0.3 is 4.74 Å². The van der Waals surface area contributed by atoms with E-state index in [9.17, 15) is 0 Å². The Balaban J connectivity index is 2.18.